The monoisotopic (exact) mass is 439 g/mol. The van der Waals surface area contributed by atoms with Gasteiger partial charge in [-0.15, -0.1) is 0 Å². The number of methoxy groups -OCH3 is 1. The van der Waals surface area contributed by atoms with Gasteiger partial charge in [0.15, 0.2) is 4.96 Å². The van der Waals surface area contributed by atoms with E-state index in [4.69, 9.17) is 9.72 Å². The second-order valence-corrected chi connectivity index (χ2v) is 9.05. The van der Waals surface area contributed by atoms with Crippen molar-refractivity contribution in [1.29, 1.82) is 0 Å². The van der Waals surface area contributed by atoms with E-state index < -0.39 is 0 Å². The number of amides is 1. The normalized spacial score (nSPS) is 13.5. The zero-order valence-corrected chi connectivity index (χ0v) is 18.4. The van der Waals surface area contributed by atoms with Crippen LogP contribution in [0, 0.1) is 0 Å². The molecule has 3 heterocycles. The first-order valence-corrected chi connectivity index (χ1v) is 11.4. The van der Waals surface area contributed by atoms with Crippen LogP contribution >= 0.6 is 11.3 Å². The molecule has 0 bridgehead atoms. The van der Waals surface area contributed by atoms with Gasteiger partial charge in [0.1, 0.15) is 5.75 Å². The highest BCUT2D eigenvalue weighted by Crippen LogP contribution is 2.31. The third-order valence-electron chi connectivity index (χ3n) is 6.14. The SMILES string of the molecule is COc1ccc(-c2cn3c(n2)sc2cc(C(=O)N4CCc5ccccc5C4)ccc23)cc1. The molecule has 0 fully saturated rings. The summed E-state index contributed by atoms with van der Waals surface area (Å²) in [4.78, 5) is 20.9. The lowest BCUT2D eigenvalue weighted by molar-refractivity contribution is 0.0735. The van der Waals surface area contributed by atoms with Crippen LogP contribution in [0.3, 0.4) is 0 Å². The number of carbonyl (C=O) groups is 1. The van der Waals surface area contributed by atoms with Crippen LogP contribution in [0.5, 0.6) is 5.75 Å². The van der Waals surface area contributed by atoms with Crippen molar-refractivity contribution in [2.75, 3.05) is 13.7 Å². The van der Waals surface area contributed by atoms with E-state index in [0.29, 0.717) is 6.54 Å². The molecule has 6 rings (SSSR count). The number of imidazole rings is 1. The van der Waals surface area contributed by atoms with E-state index in [9.17, 15) is 4.79 Å². The van der Waals surface area contributed by atoms with E-state index in [1.807, 2.05) is 53.4 Å². The highest BCUT2D eigenvalue weighted by Gasteiger charge is 2.22. The molecule has 1 amide bonds. The average Bonchev–Trinajstić information content (AvgIpc) is 3.41. The minimum absolute atomic E-state index is 0.0892. The standard InChI is InChI=1S/C26H21N3O2S/c1-31-21-9-6-18(7-10-21)22-16-29-23-11-8-19(14-24(23)32-26(29)27-22)25(30)28-13-12-17-4-2-3-5-20(17)15-28/h2-11,14,16H,12-13,15H2,1H3. The quantitative estimate of drug-likeness (QED) is 0.377. The first kappa shape index (κ1) is 19.1. The van der Waals surface area contributed by atoms with Crippen molar-refractivity contribution in [3.63, 3.8) is 0 Å². The van der Waals surface area contributed by atoms with Gasteiger partial charge < -0.3 is 9.64 Å². The summed E-state index contributed by atoms with van der Waals surface area (Å²) in [6.45, 7) is 1.43. The number of hydrogen-bond donors (Lipinski definition) is 0. The third kappa shape index (κ3) is 3.15. The summed E-state index contributed by atoms with van der Waals surface area (Å²) in [6, 6.07) is 22.3. The predicted molar refractivity (Wildman–Crippen MR) is 127 cm³/mol. The van der Waals surface area contributed by atoms with E-state index in [0.717, 1.165) is 50.7 Å². The molecule has 158 valence electrons. The Labute approximate surface area is 189 Å². The van der Waals surface area contributed by atoms with E-state index in [1.165, 1.54) is 11.1 Å². The molecule has 0 N–H and O–H groups in total. The predicted octanol–water partition coefficient (Wildman–Crippen LogP) is 5.42. The van der Waals surface area contributed by atoms with Gasteiger partial charge >= 0.3 is 0 Å². The van der Waals surface area contributed by atoms with Crippen molar-refractivity contribution < 1.29 is 9.53 Å². The van der Waals surface area contributed by atoms with Crippen LogP contribution in [-0.2, 0) is 13.0 Å². The number of ether oxygens (including phenoxy) is 1. The fraction of sp³-hybridized carbons (Fsp3) is 0.154. The molecule has 3 aromatic carbocycles. The van der Waals surface area contributed by atoms with Crippen molar-refractivity contribution in [3.05, 3.63) is 89.6 Å². The fourth-order valence-electron chi connectivity index (χ4n) is 4.39. The summed E-state index contributed by atoms with van der Waals surface area (Å²) >= 11 is 1.61. The minimum Gasteiger partial charge on any atom is -0.497 e. The van der Waals surface area contributed by atoms with Gasteiger partial charge in [-0.05, 0) is 60.0 Å². The Bertz CT molecular complexity index is 1470. The Balaban J connectivity index is 1.30. The molecule has 0 aliphatic carbocycles. The van der Waals surface area contributed by atoms with Crippen LogP contribution in [0.15, 0.2) is 72.9 Å². The fourth-order valence-corrected chi connectivity index (χ4v) is 5.43. The molecule has 5 nitrogen and oxygen atoms in total. The molecule has 0 saturated heterocycles. The largest absolute Gasteiger partial charge is 0.497 e. The van der Waals surface area contributed by atoms with Crippen molar-refractivity contribution >= 4 is 32.4 Å². The molecule has 1 aliphatic rings. The number of benzene rings is 3. The third-order valence-corrected chi connectivity index (χ3v) is 7.16. The first-order valence-electron chi connectivity index (χ1n) is 10.6. The lowest BCUT2D eigenvalue weighted by Crippen LogP contribution is -2.35. The lowest BCUT2D eigenvalue weighted by Gasteiger charge is -2.29. The molecule has 0 atom stereocenters. The molecule has 0 spiro atoms. The molecule has 5 aromatic rings. The van der Waals surface area contributed by atoms with Gasteiger partial charge in [0.25, 0.3) is 5.91 Å². The minimum atomic E-state index is 0.0892. The van der Waals surface area contributed by atoms with Crippen LogP contribution in [0.1, 0.15) is 21.5 Å². The molecule has 0 saturated carbocycles. The van der Waals surface area contributed by atoms with E-state index >= 15 is 0 Å². The molecule has 2 aromatic heterocycles. The second kappa shape index (κ2) is 7.50. The smallest absolute Gasteiger partial charge is 0.254 e. The molecule has 6 heteroatoms. The highest BCUT2D eigenvalue weighted by molar-refractivity contribution is 7.23. The molecular formula is C26H21N3O2S. The van der Waals surface area contributed by atoms with Gasteiger partial charge in [0, 0.05) is 30.4 Å². The Morgan fingerprint density at radius 3 is 2.66 bits per heavy atom. The number of carbonyl (C=O) groups excluding carboxylic acids is 1. The zero-order chi connectivity index (χ0) is 21.7. The maximum absolute atomic E-state index is 13.2. The topological polar surface area (TPSA) is 46.8 Å². The number of aromatic nitrogens is 2. The second-order valence-electron chi connectivity index (χ2n) is 8.04. The van der Waals surface area contributed by atoms with E-state index in [2.05, 4.69) is 28.8 Å². The van der Waals surface area contributed by atoms with Crippen LogP contribution in [0.4, 0.5) is 0 Å². The maximum Gasteiger partial charge on any atom is 0.254 e. The number of thiazole rings is 1. The molecule has 32 heavy (non-hydrogen) atoms. The highest BCUT2D eigenvalue weighted by atomic mass is 32.1. The van der Waals surface area contributed by atoms with Crippen LogP contribution in [0.2, 0.25) is 0 Å². The average molecular weight is 440 g/mol. The van der Waals surface area contributed by atoms with Crippen molar-refractivity contribution in [1.82, 2.24) is 14.3 Å². The Kier molecular flexibility index (Phi) is 4.47. The van der Waals surface area contributed by atoms with E-state index in [-0.39, 0.29) is 5.91 Å². The van der Waals surface area contributed by atoms with Crippen molar-refractivity contribution in [2.45, 2.75) is 13.0 Å². The molecule has 1 aliphatic heterocycles. The van der Waals surface area contributed by atoms with Gasteiger partial charge in [-0.2, -0.15) is 0 Å². The number of nitrogens with zero attached hydrogens (tertiary/aromatic N) is 3. The van der Waals surface area contributed by atoms with Gasteiger partial charge in [-0.3, -0.25) is 9.20 Å². The summed E-state index contributed by atoms with van der Waals surface area (Å²) in [5, 5.41) is 0. The number of fused-ring (bicyclic) bond motifs is 4. The van der Waals surface area contributed by atoms with Crippen molar-refractivity contribution in [3.8, 4) is 17.0 Å². The van der Waals surface area contributed by atoms with Crippen LogP contribution in [-0.4, -0.2) is 33.8 Å². The van der Waals surface area contributed by atoms with Gasteiger partial charge in [0.2, 0.25) is 0 Å². The molecular weight excluding hydrogens is 418 g/mol. The number of hydrogen-bond acceptors (Lipinski definition) is 4. The summed E-state index contributed by atoms with van der Waals surface area (Å²) in [5.41, 5.74) is 6.36. The molecule has 0 unspecified atom stereocenters. The van der Waals surface area contributed by atoms with Gasteiger partial charge in [0.05, 0.1) is 23.0 Å². The maximum atomic E-state index is 13.2. The lowest BCUT2D eigenvalue weighted by atomic mass is 9.99. The Morgan fingerprint density at radius 1 is 1.03 bits per heavy atom. The summed E-state index contributed by atoms with van der Waals surface area (Å²) < 4.78 is 8.41. The summed E-state index contributed by atoms with van der Waals surface area (Å²) in [6.07, 6.45) is 2.96. The zero-order valence-electron chi connectivity index (χ0n) is 17.6. The Morgan fingerprint density at radius 2 is 1.84 bits per heavy atom. The summed E-state index contributed by atoms with van der Waals surface area (Å²) in [5.74, 6) is 0.918. The number of rotatable bonds is 3. The Hall–Kier alpha value is -3.64. The summed E-state index contributed by atoms with van der Waals surface area (Å²) in [7, 11) is 1.66. The van der Waals surface area contributed by atoms with Gasteiger partial charge in [-0.1, -0.05) is 35.6 Å². The van der Waals surface area contributed by atoms with Crippen LogP contribution in [0.25, 0.3) is 26.4 Å². The molecule has 0 radical (unpaired) electrons. The van der Waals surface area contributed by atoms with Crippen molar-refractivity contribution in [2.24, 2.45) is 0 Å². The first-order chi connectivity index (χ1) is 15.7. The van der Waals surface area contributed by atoms with Crippen LogP contribution < -0.4 is 4.74 Å². The van der Waals surface area contributed by atoms with E-state index in [1.54, 1.807) is 18.4 Å². The van der Waals surface area contributed by atoms with Gasteiger partial charge in [-0.25, -0.2) is 4.98 Å².